The minimum Gasteiger partial charge on any atom is -0.342 e. The standard InChI is InChI=1S/C23H29N5O4S/c29-22-4-2-12-27(22)17-18-9-13-28(14-10-18)33(31,32)21-7-5-20(6-8-21)26-23(30)25-16-19-3-1-11-24-15-19/h1,3,5-8,11,15,18H,2,4,9-10,12-14,16-17H2,(H2,25,26,30). The van der Waals surface area contributed by atoms with Crippen LogP contribution in [-0.2, 0) is 21.4 Å². The molecular weight excluding hydrogens is 442 g/mol. The number of sulfonamides is 1. The van der Waals surface area contributed by atoms with E-state index in [-0.39, 0.29) is 16.8 Å². The van der Waals surface area contributed by atoms with Gasteiger partial charge in [-0.15, -0.1) is 0 Å². The van der Waals surface area contributed by atoms with Gasteiger partial charge in [0.05, 0.1) is 4.90 Å². The van der Waals surface area contributed by atoms with Crippen LogP contribution in [0.5, 0.6) is 0 Å². The number of hydrogen-bond acceptors (Lipinski definition) is 5. The quantitative estimate of drug-likeness (QED) is 0.644. The maximum Gasteiger partial charge on any atom is 0.319 e. The van der Waals surface area contributed by atoms with Crippen LogP contribution in [0.15, 0.2) is 53.7 Å². The predicted octanol–water partition coefficient (Wildman–Crippen LogP) is 2.43. The number of nitrogens with one attached hydrogen (secondary N) is 2. The van der Waals surface area contributed by atoms with Crippen molar-refractivity contribution in [1.82, 2.24) is 19.5 Å². The normalized spacial score (nSPS) is 17.8. The highest BCUT2D eigenvalue weighted by Gasteiger charge is 2.31. The monoisotopic (exact) mass is 471 g/mol. The summed E-state index contributed by atoms with van der Waals surface area (Å²) in [5.41, 5.74) is 1.39. The lowest BCUT2D eigenvalue weighted by Crippen LogP contribution is -2.41. The van der Waals surface area contributed by atoms with E-state index in [0.717, 1.165) is 37.9 Å². The van der Waals surface area contributed by atoms with Gasteiger partial charge in [-0.1, -0.05) is 6.07 Å². The van der Waals surface area contributed by atoms with Crippen molar-refractivity contribution in [1.29, 1.82) is 0 Å². The number of hydrogen-bond donors (Lipinski definition) is 2. The molecule has 2 aromatic rings. The summed E-state index contributed by atoms with van der Waals surface area (Å²) in [7, 11) is -3.60. The van der Waals surface area contributed by atoms with E-state index >= 15 is 0 Å². The molecular formula is C23H29N5O4S. The molecule has 0 spiro atoms. The Bertz CT molecular complexity index is 1070. The van der Waals surface area contributed by atoms with Crippen molar-refractivity contribution in [2.75, 3.05) is 31.5 Å². The molecule has 3 amide bonds. The molecule has 1 aromatic carbocycles. The zero-order valence-electron chi connectivity index (χ0n) is 18.4. The van der Waals surface area contributed by atoms with Crippen LogP contribution in [0.2, 0.25) is 0 Å². The number of amides is 3. The molecule has 9 nitrogen and oxygen atoms in total. The van der Waals surface area contributed by atoms with Gasteiger partial charge in [-0.2, -0.15) is 4.31 Å². The third-order valence-electron chi connectivity index (χ3n) is 6.15. The number of nitrogens with zero attached hydrogens (tertiary/aromatic N) is 3. The number of pyridine rings is 1. The van der Waals surface area contributed by atoms with Gasteiger partial charge in [0.25, 0.3) is 0 Å². The van der Waals surface area contributed by atoms with Crippen molar-refractivity contribution < 1.29 is 18.0 Å². The summed E-state index contributed by atoms with van der Waals surface area (Å²) in [6.07, 6.45) is 6.39. The van der Waals surface area contributed by atoms with Crippen molar-refractivity contribution in [2.45, 2.75) is 37.1 Å². The SMILES string of the molecule is O=C(NCc1cccnc1)Nc1ccc(S(=O)(=O)N2CCC(CN3CCCC3=O)CC2)cc1. The van der Waals surface area contributed by atoms with Crippen LogP contribution >= 0.6 is 0 Å². The Morgan fingerprint density at radius 3 is 2.48 bits per heavy atom. The molecule has 33 heavy (non-hydrogen) atoms. The average Bonchev–Trinajstić information content (AvgIpc) is 3.23. The molecule has 0 aliphatic carbocycles. The number of carbonyl (C=O) groups is 2. The number of likely N-dealkylation sites (tertiary alicyclic amines) is 1. The number of rotatable bonds is 7. The van der Waals surface area contributed by atoms with Gasteiger partial charge in [0.15, 0.2) is 0 Å². The number of piperidine rings is 1. The summed E-state index contributed by atoms with van der Waals surface area (Å²) in [5.74, 6) is 0.555. The topological polar surface area (TPSA) is 112 Å². The molecule has 0 atom stereocenters. The van der Waals surface area contributed by atoms with Crippen LogP contribution in [0.1, 0.15) is 31.2 Å². The van der Waals surface area contributed by atoms with Gasteiger partial charge in [-0.25, -0.2) is 13.2 Å². The smallest absolute Gasteiger partial charge is 0.319 e. The minimum atomic E-state index is -3.60. The van der Waals surface area contributed by atoms with Gasteiger partial charge < -0.3 is 15.5 Å². The maximum atomic E-state index is 13.0. The highest BCUT2D eigenvalue weighted by atomic mass is 32.2. The van der Waals surface area contributed by atoms with Crippen LogP contribution in [0.25, 0.3) is 0 Å². The molecule has 2 N–H and O–H groups in total. The lowest BCUT2D eigenvalue weighted by Gasteiger charge is -2.33. The van der Waals surface area contributed by atoms with Gasteiger partial charge in [0, 0.05) is 57.2 Å². The Hall–Kier alpha value is -2.98. The average molecular weight is 472 g/mol. The summed E-state index contributed by atoms with van der Waals surface area (Å²) < 4.78 is 27.6. The molecule has 176 valence electrons. The summed E-state index contributed by atoms with van der Waals surface area (Å²) in [6.45, 7) is 2.79. The molecule has 0 saturated carbocycles. The van der Waals surface area contributed by atoms with Crippen LogP contribution < -0.4 is 10.6 Å². The molecule has 2 fully saturated rings. The van der Waals surface area contributed by atoms with Crippen molar-refractivity contribution >= 4 is 27.6 Å². The minimum absolute atomic E-state index is 0.206. The number of benzene rings is 1. The first-order valence-electron chi connectivity index (χ1n) is 11.2. The van der Waals surface area contributed by atoms with Crippen molar-refractivity contribution in [2.24, 2.45) is 5.92 Å². The van der Waals surface area contributed by atoms with E-state index in [0.29, 0.717) is 37.7 Å². The van der Waals surface area contributed by atoms with E-state index in [1.54, 1.807) is 30.6 Å². The molecule has 4 rings (SSSR count). The molecule has 10 heteroatoms. The first-order chi connectivity index (χ1) is 15.9. The van der Waals surface area contributed by atoms with Crippen LogP contribution in [-0.4, -0.2) is 60.7 Å². The number of anilines is 1. The van der Waals surface area contributed by atoms with Crippen molar-refractivity contribution in [3.8, 4) is 0 Å². The summed E-state index contributed by atoms with van der Waals surface area (Å²) in [6, 6.07) is 9.48. The van der Waals surface area contributed by atoms with Gasteiger partial charge >= 0.3 is 6.03 Å². The summed E-state index contributed by atoms with van der Waals surface area (Å²) in [5, 5.41) is 5.44. The third kappa shape index (κ3) is 5.88. The Kier molecular flexibility index (Phi) is 7.24. The predicted molar refractivity (Wildman–Crippen MR) is 124 cm³/mol. The molecule has 0 unspecified atom stereocenters. The van der Waals surface area contributed by atoms with Gasteiger partial charge in [-0.05, 0) is 61.1 Å². The number of aromatic nitrogens is 1. The van der Waals surface area contributed by atoms with Crippen molar-refractivity contribution in [3.05, 3.63) is 54.4 Å². The van der Waals surface area contributed by atoms with Crippen LogP contribution in [0, 0.1) is 5.92 Å². The molecule has 3 heterocycles. The first-order valence-corrected chi connectivity index (χ1v) is 12.7. The molecule has 2 saturated heterocycles. The molecule has 2 aliphatic heterocycles. The van der Waals surface area contributed by atoms with E-state index in [4.69, 9.17) is 0 Å². The zero-order chi connectivity index (χ0) is 23.3. The molecule has 2 aliphatic rings. The highest BCUT2D eigenvalue weighted by molar-refractivity contribution is 7.89. The van der Waals surface area contributed by atoms with E-state index in [2.05, 4.69) is 15.6 Å². The second-order valence-electron chi connectivity index (χ2n) is 8.48. The van der Waals surface area contributed by atoms with E-state index in [1.165, 1.54) is 16.4 Å². The Labute approximate surface area is 194 Å². The van der Waals surface area contributed by atoms with Gasteiger partial charge in [0.1, 0.15) is 0 Å². The second-order valence-corrected chi connectivity index (χ2v) is 10.4. The second kappa shape index (κ2) is 10.3. The molecule has 1 aromatic heterocycles. The van der Waals surface area contributed by atoms with E-state index in [1.807, 2.05) is 11.0 Å². The highest BCUT2D eigenvalue weighted by Crippen LogP contribution is 2.26. The fraction of sp³-hybridized carbons (Fsp3) is 0.435. The fourth-order valence-electron chi connectivity index (χ4n) is 4.26. The first kappa shape index (κ1) is 23.2. The van der Waals surface area contributed by atoms with E-state index in [9.17, 15) is 18.0 Å². The zero-order valence-corrected chi connectivity index (χ0v) is 19.3. The summed E-state index contributed by atoms with van der Waals surface area (Å²) >= 11 is 0. The Balaban J connectivity index is 1.27. The fourth-order valence-corrected chi connectivity index (χ4v) is 5.73. The lowest BCUT2D eigenvalue weighted by molar-refractivity contribution is -0.128. The Morgan fingerprint density at radius 1 is 1.09 bits per heavy atom. The molecule has 0 bridgehead atoms. The lowest BCUT2D eigenvalue weighted by atomic mass is 9.98. The molecule has 0 radical (unpaired) electrons. The maximum absolute atomic E-state index is 13.0. The largest absolute Gasteiger partial charge is 0.342 e. The Morgan fingerprint density at radius 2 is 1.85 bits per heavy atom. The van der Waals surface area contributed by atoms with Gasteiger partial charge in [0.2, 0.25) is 15.9 Å². The van der Waals surface area contributed by atoms with Crippen molar-refractivity contribution in [3.63, 3.8) is 0 Å². The van der Waals surface area contributed by atoms with E-state index < -0.39 is 10.0 Å². The number of carbonyl (C=O) groups excluding carboxylic acids is 2. The van der Waals surface area contributed by atoms with Crippen LogP contribution in [0.3, 0.4) is 0 Å². The number of urea groups is 1. The summed E-state index contributed by atoms with van der Waals surface area (Å²) in [4.78, 5) is 30.1. The van der Waals surface area contributed by atoms with Gasteiger partial charge in [-0.3, -0.25) is 9.78 Å². The third-order valence-corrected chi connectivity index (χ3v) is 8.06. The van der Waals surface area contributed by atoms with Crippen LogP contribution in [0.4, 0.5) is 10.5 Å².